The summed E-state index contributed by atoms with van der Waals surface area (Å²) in [7, 11) is 1.81. The van der Waals surface area contributed by atoms with Crippen LogP contribution in [0.4, 0.5) is 0 Å². The molecule has 0 aromatic heterocycles. The van der Waals surface area contributed by atoms with E-state index >= 15 is 0 Å². The fourth-order valence-corrected chi connectivity index (χ4v) is 2.77. The number of nitrogens with one attached hydrogen (secondary N) is 1. The van der Waals surface area contributed by atoms with Crippen LogP contribution in [0.1, 0.15) is 51.9 Å². The number of hydrogen-bond acceptors (Lipinski definition) is 2. The van der Waals surface area contributed by atoms with Crippen molar-refractivity contribution in [3.8, 4) is 0 Å². The van der Waals surface area contributed by atoms with Gasteiger partial charge in [0.2, 0.25) is 0 Å². The van der Waals surface area contributed by atoms with Crippen LogP contribution < -0.4 is 11.1 Å². The van der Waals surface area contributed by atoms with Crippen LogP contribution in [0.15, 0.2) is 4.99 Å². The first-order valence-electron chi connectivity index (χ1n) is 7.20. The molecule has 0 amide bonds. The summed E-state index contributed by atoms with van der Waals surface area (Å²) in [5.41, 5.74) is 6.23. The SMILES string of the molecule is COC1CCC(C)(CN=C(N)NC2CCC2)CC1. The first-order valence-corrected chi connectivity index (χ1v) is 7.20. The van der Waals surface area contributed by atoms with Gasteiger partial charge < -0.3 is 15.8 Å². The largest absolute Gasteiger partial charge is 0.381 e. The first-order chi connectivity index (χ1) is 8.61. The molecule has 0 bridgehead atoms. The number of aliphatic imine (C=N–C) groups is 1. The Balaban J connectivity index is 1.75. The summed E-state index contributed by atoms with van der Waals surface area (Å²) in [5, 5.41) is 3.30. The van der Waals surface area contributed by atoms with E-state index in [1.807, 2.05) is 7.11 Å². The fraction of sp³-hybridized carbons (Fsp3) is 0.929. The van der Waals surface area contributed by atoms with Crippen molar-refractivity contribution in [3.05, 3.63) is 0 Å². The maximum absolute atomic E-state index is 5.93. The van der Waals surface area contributed by atoms with Gasteiger partial charge in [-0.05, 0) is 50.4 Å². The zero-order chi connectivity index (χ0) is 13.0. The highest BCUT2D eigenvalue weighted by Gasteiger charge is 2.31. The van der Waals surface area contributed by atoms with E-state index in [1.54, 1.807) is 0 Å². The lowest BCUT2D eigenvalue weighted by Gasteiger charge is -2.36. The molecular weight excluding hydrogens is 226 g/mol. The van der Waals surface area contributed by atoms with Crippen molar-refractivity contribution in [1.29, 1.82) is 0 Å². The fourth-order valence-electron chi connectivity index (χ4n) is 2.77. The second kappa shape index (κ2) is 5.91. The van der Waals surface area contributed by atoms with E-state index in [0.717, 1.165) is 19.4 Å². The molecule has 0 unspecified atom stereocenters. The molecule has 0 aliphatic heterocycles. The average molecular weight is 253 g/mol. The number of nitrogens with zero attached hydrogens (tertiary/aromatic N) is 1. The van der Waals surface area contributed by atoms with Crippen LogP contribution in [-0.2, 0) is 4.74 Å². The molecule has 0 spiro atoms. The minimum atomic E-state index is 0.306. The molecule has 18 heavy (non-hydrogen) atoms. The molecule has 0 radical (unpaired) electrons. The van der Waals surface area contributed by atoms with Crippen LogP contribution in [0.2, 0.25) is 0 Å². The van der Waals surface area contributed by atoms with Crippen molar-refractivity contribution in [2.24, 2.45) is 16.1 Å². The topological polar surface area (TPSA) is 59.6 Å². The van der Waals surface area contributed by atoms with Gasteiger partial charge in [0.1, 0.15) is 0 Å². The lowest BCUT2D eigenvalue weighted by molar-refractivity contribution is 0.0352. The van der Waals surface area contributed by atoms with Crippen LogP contribution in [0.3, 0.4) is 0 Å². The summed E-state index contributed by atoms with van der Waals surface area (Å²) in [6.45, 7) is 3.16. The predicted octanol–water partition coefficient (Wildman–Crippen LogP) is 2.04. The van der Waals surface area contributed by atoms with Gasteiger partial charge in [-0.15, -0.1) is 0 Å². The molecule has 4 heteroatoms. The van der Waals surface area contributed by atoms with Crippen LogP contribution in [0.5, 0.6) is 0 Å². The van der Waals surface area contributed by atoms with E-state index in [2.05, 4.69) is 17.2 Å². The highest BCUT2D eigenvalue weighted by molar-refractivity contribution is 5.78. The maximum Gasteiger partial charge on any atom is 0.188 e. The average Bonchev–Trinajstić information content (AvgIpc) is 2.33. The predicted molar refractivity (Wildman–Crippen MR) is 74.6 cm³/mol. The molecular formula is C14H27N3O. The minimum absolute atomic E-state index is 0.306. The number of nitrogens with two attached hydrogens (primary N) is 1. The molecule has 0 atom stereocenters. The molecule has 2 rings (SSSR count). The monoisotopic (exact) mass is 253 g/mol. The van der Waals surface area contributed by atoms with Gasteiger partial charge in [-0.1, -0.05) is 6.92 Å². The van der Waals surface area contributed by atoms with Gasteiger partial charge in [-0.2, -0.15) is 0 Å². The van der Waals surface area contributed by atoms with E-state index < -0.39 is 0 Å². The lowest BCUT2D eigenvalue weighted by Crippen LogP contribution is -2.44. The van der Waals surface area contributed by atoms with Crippen molar-refractivity contribution in [2.75, 3.05) is 13.7 Å². The molecule has 4 nitrogen and oxygen atoms in total. The number of rotatable bonds is 4. The zero-order valence-electron chi connectivity index (χ0n) is 11.7. The molecule has 3 N–H and O–H groups in total. The highest BCUT2D eigenvalue weighted by atomic mass is 16.5. The number of methoxy groups -OCH3 is 1. The van der Waals surface area contributed by atoms with Crippen LogP contribution in [0.25, 0.3) is 0 Å². The van der Waals surface area contributed by atoms with Crippen molar-refractivity contribution in [1.82, 2.24) is 5.32 Å². The quantitative estimate of drug-likeness (QED) is 0.595. The second-order valence-corrected chi connectivity index (χ2v) is 6.22. The van der Waals surface area contributed by atoms with Gasteiger partial charge in [0, 0.05) is 19.7 Å². The Bertz CT molecular complexity index is 291. The third-order valence-corrected chi connectivity index (χ3v) is 4.56. The summed E-state index contributed by atoms with van der Waals surface area (Å²) in [5.74, 6) is 0.634. The Kier molecular flexibility index (Phi) is 4.49. The maximum atomic E-state index is 5.93. The van der Waals surface area contributed by atoms with Crippen molar-refractivity contribution in [2.45, 2.75) is 64.0 Å². The van der Waals surface area contributed by atoms with Crippen molar-refractivity contribution in [3.63, 3.8) is 0 Å². The highest BCUT2D eigenvalue weighted by Crippen LogP contribution is 2.37. The smallest absolute Gasteiger partial charge is 0.188 e. The van der Waals surface area contributed by atoms with Gasteiger partial charge in [0.15, 0.2) is 5.96 Å². The third kappa shape index (κ3) is 3.61. The Morgan fingerprint density at radius 3 is 2.50 bits per heavy atom. The van der Waals surface area contributed by atoms with Gasteiger partial charge in [-0.3, -0.25) is 4.99 Å². The summed E-state index contributed by atoms with van der Waals surface area (Å²) in [4.78, 5) is 4.53. The molecule has 2 fully saturated rings. The zero-order valence-corrected chi connectivity index (χ0v) is 11.7. The Morgan fingerprint density at radius 1 is 1.33 bits per heavy atom. The van der Waals surface area contributed by atoms with Gasteiger partial charge >= 0.3 is 0 Å². The van der Waals surface area contributed by atoms with Crippen LogP contribution in [0, 0.1) is 5.41 Å². The molecule has 2 aliphatic carbocycles. The van der Waals surface area contributed by atoms with E-state index in [4.69, 9.17) is 10.5 Å². The first kappa shape index (κ1) is 13.7. The van der Waals surface area contributed by atoms with E-state index in [-0.39, 0.29) is 0 Å². The number of ether oxygens (including phenoxy) is 1. The minimum Gasteiger partial charge on any atom is -0.381 e. The van der Waals surface area contributed by atoms with E-state index in [9.17, 15) is 0 Å². The molecule has 0 heterocycles. The Hall–Kier alpha value is -0.770. The number of guanidine groups is 1. The molecule has 0 aromatic carbocycles. The Labute approximate surface area is 110 Å². The summed E-state index contributed by atoms with van der Waals surface area (Å²) >= 11 is 0. The van der Waals surface area contributed by atoms with E-state index in [0.29, 0.717) is 23.5 Å². The third-order valence-electron chi connectivity index (χ3n) is 4.56. The lowest BCUT2D eigenvalue weighted by atomic mass is 9.75. The van der Waals surface area contributed by atoms with Gasteiger partial charge in [0.05, 0.1) is 6.10 Å². The molecule has 0 aromatic rings. The summed E-state index contributed by atoms with van der Waals surface area (Å²) < 4.78 is 5.41. The van der Waals surface area contributed by atoms with Gasteiger partial charge in [-0.25, -0.2) is 0 Å². The molecule has 0 saturated heterocycles. The van der Waals surface area contributed by atoms with Crippen molar-refractivity contribution >= 4 is 5.96 Å². The standard InChI is InChI=1S/C14H27N3O/c1-14(8-6-12(18-2)7-9-14)10-16-13(15)17-11-4-3-5-11/h11-12H,3-10H2,1-2H3,(H3,15,16,17). The van der Waals surface area contributed by atoms with E-state index in [1.165, 1.54) is 32.1 Å². The normalized spacial score (nSPS) is 34.1. The second-order valence-electron chi connectivity index (χ2n) is 6.22. The molecule has 2 saturated carbocycles. The van der Waals surface area contributed by atoms with Crippen LogP contribution in [-0.4, -0.2) is 31.8 Å². The Morgan fingerprint density at radius 2 is 2.00 bits per heavy atom. The molecule has 2 aliphatic rings. The van der Waals surface area contributed by atoms with Crippen LogP contribution >= 0.6 is 0 Å². The molecule has 104 valence electrons. The number of hydrogen-bond donors (Lipinski definition) is 2. The van der Waals surface area contributed by atoms with Crippen molar-refractivity contribution < 1.29 is 4.74 Å². The summed E-state index contributed by atoms with van der Waals surface area (Å²) in [6, 6.07) is 0.575. The summed E-state index contributed by atoms with van der Waals surface area (Å²) in [6.07, 6.45) is 8.93. The van der Waals surface area contributed by atoms with Gasteiger partial charge in [0.25, 0.3) is 0 Å².